The minimum absolute atomic E-state index is 0. The van der Waals surface area contributed by atoms with Gasteiger partial charge in [-0.05, 0) is 61.1 Å². The molecule has 1 fully saturated rings. The second-order valence-electron chi connectivity index (χ2n) is 15.0. The quantitative estimate of drug-likeness (QED) is 0.0602. The molecular formula is C42H55Cl3N12O5. The van der Waals surface area contributed by atoms with Gasteiger partial charge in [-0.1, -0.05) is 35.9 Å². The van der Waals surface area contributed by atoms with Crippen LogP contribution in [0.2, 0.25) is 5.15 Å². The Bertz CT molecular complexity index is 2020. The molecule has 0 spiro atoms. The molecule has 0 saturated carbocycles. The monoisotopic (exact) mass is 912 g/mol. The molecule has 334 valence electrons. The zero-order valence-electron chi connectivity index (χ0n) is 34.5. The Labute approximate surface area is 378 Å². The lowest BCUT2D eigenvalue weighted by Crippen LogP contribution is -3.00. The first-order valence-electron chi connectivity index (χ1n) is 20.3. The van der Waals surface area contributed by atoms with E-state index >= 15 is 0 Å². The van der Waals surface area contributed by atoms with Gasteiger partial charge >= 0.3 is 0 Å². The van der Waals surface area contributed by atoms with Crippen LogP contribution >= 0.6 is 24.0 Å². The summed E-state index contributed by atoms with van der Waals surface area (Å²) in [6, 6.07) is 15.7. The van der Waals surface area contributed by atoms with Crippen molar-refractivity contribution < 1.29 is 40.7 Å². The van der Waals surface area contributed by atoms with Crippen LogP contribution in [0.5, 0.6) is 11.5 Å². The van der Waals surface area contributed by atoms with Gasteiger partial charge in [-0.15, -0.1) is 12.4 Å². The van der Waals surface area contributed by atoms with Crippen molar-refractivity contribution in [2.45, 2.75) is 57.7 Å². The number of aromatic nitrogens is 6. The number of nitrogens with one attached hydrogen (secondary N) is 3. The number of nitrogens with zero attached hydrogens (tertiary/aromatic N) is 7. The lowest BCUT2D eigenvalue weighted by Gasteiger charge is -2.45. The number of quaternary nitrogens is 1. The number of hydrogen-bond acceptors (Lipinski definition) is 11. The standard InChI is InChI=1S/C42H53ClN12O5.2ClH/c43-39-41(45)52-40(44)38(51-39)42(58)50-33-6-3-25-55(26-33,23-1-4-31-7-11-34(12-8-31)59-27-36(56)48-17-21-53-19-15-46-29-53)24-2-5-32-9-13-35(14-10-32)60-28-37(57)49-18-22-54-20-16-47-30-54;;/h7-16,19-20,29-30,33H,1-6,17-18,21-28H2,(H6-,44,45,48,49,50,52,56,57,58);2*1H/t33-;;/m0../s1. The summed E-state index contributed by atoms with van der Waals surface area (Å²) in [7, 11) is 0. The zero-order valence-corrected chi connectivity index (χ0v) is 36.8. The topological polar surface area (TPSA) is 219 Å². The number of ether oxygens (including phenoxy) is 2. The van der Waals surface area contributed by atoms with Gasteiger partial charge in [0, 0.05) is 63.8 Å². The maximum absolute atomic E-state index is 13.3. The van der Waals surface area contributed by atoms with Crippen LogP contribution in [0.3, 0.4) is 0 Å². The van der Waals surface area contributed by atoms with Crippen molar-refractivity contribution >= 4 is 53.4 Å². The SMILES string of the molecule is Cl.Nc1nc(N)c(C(=O)N[C@H]2CCC[N+](CCCc3ccc(OCC(=O)NCCn4ccnc4)cc3)(CCCc3ccc(OCC(=O)NCCn4ccnc4)cc3)C2)nc1Cl.[Cl-]. The molecule has 17 nitrogen and oxygen atoms in total. The predicted molar refractivity (Wildman–Crippen MR) is 234 cm³/mol. The van der Waals surface area contributed by atoms with E-state index in [1.54, 1.807) is 25.0 Å². The number of aryl methyl sites for hydroxylation is 2. The third-order valence-electron chi connectivity index (χ3n) is 10.5. The number of likely N-dealkylation sites (tertiary alicyclic amines) is 1. The summed E-state index contributed by atoms with van der Waals surface area (Å²) in [6.07, 6.45) is 15.9. The van der Waals surface area contributed by atoms with Gasteiger partial charge in [0.15, 0.2) is 35.7 Å². The van der Waals surface area contributed by atoms with Gasteiger partial charge in [-0.3, -0.25) is 14.4 Å². The number of nitrogen functional groups attached to an aromatic ring is 2. The third-order valence-corrected chi connectivity index (χ3v) is 10.8. The number of hydrogen-bond donors (Lipinski definition) is 5. The summed E-state index contributed by atoms with van der Waals surface area (Å²) in [5, 5.41) is 8.81. The lowest BCUT2D eigenvalue weighted by molar-refractivity contribution is -0.933. The van der Waals surface area contributed by atoms with Crippen LogP contribution in [-0.4, -0.2) is 110 Å². The molecule has 3 amide bonds. The first kappa shape index (κ1) is 49.0. The van der Waals surface area contributed by atoms with Crippen LogP contribution in [-0.2, 0) is 35.5 Å². The highest BCUT2D eigenvalue weighted by Crippen LogP contribution is 2.25. The number of nitrogens with two attached hydrogens (primary N) is 2. The lowest BCUT2D eigenvalue weighted by atomic mass is 9.99. The van der Waals surface area contributed by atoms with E-state index in [1.165, 1.54) is 11.1 Å². The van der Waals surface area contributed by atoms with Crippen molar-refractivity contribution in [3.63, 3.8) is 0 Å². The molecule has 0 unspecified atom stereocenters. The largest absolute Gasteiger partial charge is 1.00 e. The van der Waals surface area contributed by atoms with E-state index in [4.69, 9.17) is 32.5 Å². The summed E-state index contributed by atoms with van der Waals surface area (Å²) >= 11 is 6.08. The summed E-state index contributed by atoms with van der Waals surface area (Å²) in [5.74, 6) is 0.403. The molecule has 0 bridgehead atoms. The van der Waals surface area contributed by atoms with Gasteiger partial charge in [0.2, 0.25) is 0 Å². The Morgan fingerprint density at radius 1 is 0.774 bits per heavy atom. The predicted octanol–water partition coefficient (Wildman–Crippen LogP) is 0.478. The van der Waals surface area contributed by atoms with Gasteiger partial charge in [-0.25, -0.2) is 19.9 Å². The Balaban J connectivity index is 0.00000422. The molecule has 0 aliphatic carbocycles. The number of anilines is 2. The Hall–Kier alpha value is -5.62. The fourth-order valence-corrected chi connectivity index (χ4v) is 7.58. The Kier molecular flexibility index (Phi) is 19.6. The van der Waals surface area contributed by atoms with E-state index in [0.717, 1.165) is 69.2 Å². The minimum Gasteiger partial charge on any atom is -1.00 e. The van der Waals surface area contributed by atoms with Crippen molar-refractivity contribution in [2.24, 2.45) is 0 Å². The molecular weight excluding hydrogens is 859 g/mol. The molecule has 0 radical (unpaired) electrons. The maximum Gasteiger partial charge on any atom is 0.274 e. The Morgan fingerprint density at radius 2 is 1.29 bits per heavy atom. The second-order valence-corrected chi connectivity index (χ2v) is 15.4. The average Bonchev–Trinajstić information content (AvgIpc) is 3.97. The highest BCUT2D eigenvalue weighted by molar-refractivity contribution is 6.31. The zero-order chi connectivity index (χ0) is 42.2. The number of piperidine rings is 1. The summed E-state index contributed by atoms with van der Waals surface area (Å²) in [5.41, 5.74) is 14.1. The summed E-state index contributed by atoms with van der Waals surface area (Å²) < 4.78 is 16.1. The molecule has 5 aromatic rings. The van der Waals surface area contributed by atoms with E-state index in [0.29, 0.717) is 37.7 Å². The number of imidazole rings is 2. The molecule has 6 rings (SSSR count). The van der Waals surface area contributed by atoms with Crippen LogP contribution in [0.25, 0.3) is 0 Å². The first-order valence-corrected chi connectivity index (χ1v) is 20.6. The number of carbonyl (C=O) groups is 3. The summed E-state index contributed by atoms with van der Waals surface area (Å²) in [4.78, 5) is 54.0. The highest BCUT2D eigenvalue weighted by atomic mass is 35.5. The summed E-state index contributed by atoms with van der Waals surface area (Å²) in [6.45, 7) is 5.76. The van der Waals surface area contributed by atoms with Gasteiger partial charge < -0.3 is 62.9 Å². The molecule has 4 heterocycles. The average molecular weight is 914 g/mol. The van der Waals surface area contributed by atoms with Gasteiger partial charge in [-0.2, -0.15) is 0 Å². The number of halogens is 3. The molecule has 1 saturated heterocycles. The van der Waals surface area contributed by atoms with Gasteiger partial charge in [0.1, 0.15) is 11.5 Å². The number of amides is 3. The van der Waals surface area contributed by atoms with Crippen molar-refractivity contribution in [2.75, 3.05) is 63.9 Å². The maximum atomic E-state index is 13.3. The number of benzene rings is 2. The van der Waals surface area contributed by atoms with Crippen LogP contribution in [0.4, 0.5) is 11.6 Å². The van der Waals surface area contributed by atoms with Crippen molar-refractivity contribution in [1.82, 2.24) is 45.0 Å². The second kappa shape index (κ2) is 24.7. The fourth-order valence-electron chi connectivity index (χ4n) is 7.45. The van der Waals surface area contributed by atoms with Gasteiger partial charge in [0.25, 0.3) is 17.7 Å². The first-order chi connectivity index (χ1) is 29.1. The smallest absolute Gasteiger partial charge is 0.274 e. The molecule has 1 atom stereocenters. The van der Waals surface area contributed by atoms with Crippen LogP contribution in [0, 0.1) is 0 Å². The van der Waals surface area contributed by atoms with E-state index in [9.17, 15) is 14.4 Å². The number of carbonyl (C=O) groups excluding carboxylic acids is 3. The van der Waals surface area contributed by atoms with E-state index in [-0.39, 0.29) is 78.4 Å². The van der Waals surface area contributed by atoms with Crippen LogP contribution in [0.1, 0.15) is 47.3 Å². The molecule has 7 N–H and O–H groups in total. The third kappa shape index (κ3) is 15.4. The van der Waals surface area contributed by atoms with E-state index in [2.05, 4.69) is 35.9 Å². The Morgan fingerprint density at radius 3 is 1.77 bits per heavy atom. The van der Waals surface area contributed by atoms with E-state index in [1.807, 2.05) is 70.1 Å². The minimum atomic E-state index is -0.421. The molecule has 1 aliphatic heterocycles. The molecule has 3 aromatic heterocycles. The van der Waals surface area contributed by atoms with Gasteiger partial charge in [0.05, 0.1) is 44.9 Å². The van der Waals surface area contributed by atoms with Crippen LogP contribution in [0.15, 0.2) is 86.0 Å². The molecule has 2 aromatic carbocycles. The van der Waals surface area contributed by atoms with Crippen molar-refractivity contribution in [1.29, 1.82) is 0 Å². The molecule has 20 heteroatoms. The van der Waals surface area contributed by atoms with Crippen molar-refractivity contribution in [3.05, 3.63) is 108 Å². The van der Waals surface area contributed by atoms with Crippen LogP contribution < -0.4 is 49.3 Å². The number of rotatable bonds is 22. The highest BCUT2D eigenvalue weighted by Gasteiger charge is 2.35. The fraction of sp³-hybridized carbons (Fsp3) is 0.405. The molecule has 62 heavy (non-hydrogen) atoms. The molecule has 1 aliphatic rings. The van der Waals surface area contributed by atoms with E-state index < -0.39 is 5.91 Å². The van der Waals surface area contributed by atoms with Crippen molar-refractivity contribution in [3.8, 4) is 11.5 Å². The normalized spacial score (nSPS) is 14.1.